The van der Waals surface area contributed by atoms with Gasteiger partial charge in [-0.3, -0.25) is 4.98 Å². The normalized spacial score (nSPS) is 8.22. The number of hydrogen-bond acceptors (Lipinski definition) is 1. The van der Waals surface area contributed by atoms with Crippen molar-refractivity contribution in [3.8, 4) is 0 Å². The fraction of sp³-hybridized carbons (Fsp3) is 0.286. The van der Waals surface area contributed by atoms with Crippen LogP contribution in [0.25, 0.3) is 0 Å². The third-order valence-corrected chi connectivity index (χ3v) is 1.03. The van der Waals surface area contributed by atoms with E-state index in [-0.39, 0.29) is 22.4 Å². The van der Waals surface area contributed by atoms with Crippen LogP contribution in [-0.4, -0.2) is 4.98 Å². The summed E-state index contributed by atoms with van der Waals surface area (Å²) in [7, 11) is 0. The second-order valence-electron chi connectivity index (χ2n) is 1.92. The standard InChI is InChI=1S/C7H9N.Ag/c1-6-4-3-5-7(2)8-6;/h3-5H,1-2H3;. The van der Waals surface area contributed by atoms with Gasteiger partial charge in [0.05, 0.1) is 0 Å². The maximum atomic E-state index is 4.17. The maximum absolute atomic E-state index is 4.17. The molecular weight excluding hydrogens is 206 g/mol. The molecule has 2 heteroatoms. The molecule has 0 saturated carbocycles. The minimum Gasteiger partial charge on any atom is -0.258 e. The number of rotatable bonds is 0. The molecule has 1 rings (SSSR count). The Hall–Kier alpha value is -0.110. The summed E-state index contributed by atoms with van der Waals surface area (Å²) in [5, 5.41) is 0. The van der Waals surface area contributed by atoms with Crippen LogP contribution >= 0.6 is 0 Å². The zero-order valence-electron chi connectivity index (χ0n) is 5.48. The molecule has 0 N–H and O–H groups in total. The molecule has 53 valence electrons. The molecule has 0 bridgehead atoms. The summed E-state index contributed by atoms with van der Waals surface area (Å²) >= 11 is 0. The Kier molecular flexibility index (Phi) is 3.78. The molecular formula is C7H9AgN. The second kappa shape index (κ2) is 3.83. The second-order valence-corrected chi connectivity index (χ2v) is 1.92. The van der Waals surface area contributed by atoms with Crippen LogP contribution in [0.2, 0.25) is 0 Å². The molecule has 0 unspecified atom stereocenters. The van der Waals surface area contributed by atoms with Crippen molar-refractivity contribution in [2.75, 3.05) is 0 Å². The van der Waals surface area contributed by atoms with E-state index >= 15 is 0 Å². The molecule has 0 aliphatic rings. The quantitative estimate of drug-likeness (QED) is 0.600. The van der Waals surface area contributed by atoms with Crippen LogP contribution in [0.4, 0.5) is 0 Å². The van der Waals surface area contributed by atoms with E-state index < -0.39 is 0 Å². The molecule has 0 saturated heterocycles. The molecule has 0 aliphatic heterocycles. The summed E-state index contributed by atoms with van der Waals surface area (Å²) in [6, 6.07) is 6.00. The van der Waals surface area contributed by atoms with Crippen molar-refractivity contribution < 1.29 is 22.4 Å². The van der Waals surface area contributed by atoms with E-state index in [0.717, 1.165) is 11.4 Å². The minimum atomic E-state index is 0. The molecule has 0 aromatic carbocycles. The van der Waals surface area contributed by atoms with Crippen molar-refractivity contribution in [1.82, 2.24) is 4.98 Å². The Morgan fingerprint density at radius 2 is 1.56 bits per heavy atom. The molecule has 0 fully saturated rings. The maximum Gasteiger partial charge on any atom is 0.0375 e. The first-order chi connectivity index (χ1) is 3.79. The SMILES string of the molecule is Cc1cccc(C)n1.[Ag]. The van der Waals surface area contributed by atoms with Gasteiger partial charge in [-0.05, 0) is 26.0 Å². The van der Waals surface area contributed by atoms with Crippen molar-refractivity contribution in [1.29, 1.82) is 0 Å². The summed E-state index contributed by atoms with van der Waals surface area (Å²) in [6.45, 7) is 3.99. The van der Waals surface area contributed by atoms with Crippen LogP contribution in [0, 0.1) is 13.8 Å². The molecule has 1 aromatic heterocycles. The summed E-state index contributed by atoms with van der Waals surface area (Å²) in [5.41, 5.74) is 2.18. The van der Waals surface area contributed by atoms with E-state index in [9.17, 15) is 0 Å². The number of nitrogens with zero attached hydrogens (tertiary/aromatic N) is 1. The van der Waals surface area contributed by atoms with E-state index in [4.69, 9.17) is 0 Å². The van der Waals surface area contributed by atoms with Crippen LogP contribution in [0.5, 0.6) is 0 Å². The van der Waals surface area contributed by atoms with Crippen LogP contribution < -0.4 is 0 Å². The molecule has 0 amide bonds. The van der Waals surface area contributed by atoms with E-state index in [1.165, 1.54) is 0 Å². The largest absolute Gasteiger partial charge is 0.258 e. The van der Waals surface area contributed by atoms with E-state index in [2.05, 4.69) is 4.98 Å². The van der Waals surface area contributed by atoms with Gasteiger partial charge >= 0.3 is 0 Å². The van der Waals surface area contributed by atoms with Crippen molar-refractivity contribution in [2.24, 2.45) is 0 Å². The smallest absolute Gasteiger partial charge is 0.0375 e. The van der Waals surface area contributed by atoms with Crippen molar-refractivity contribution in [3.05, 3.63) is 29.6 Å². The van der Waals surface area contributed by atoms with Crippen molar-refractivity contribution in [2.45, 2.75) is 13.8 Å². The van der Waals surface area contributed by atoms with Crippen molar-refractivity contribution >= 4 is 0 Å². The zero-order chi connectivity index (χ0) is 5.98. The fourth-order valence-corrected chi connectivity index (χ4v) is 0.679. The third kappa shape index (κ3) is 2.80. The summed E-state index contributed by atoms with van der Waals surface area (Å²) in [4.78, 5) is 4.17. The van der Waals surface area contributed by atoms with Crippen LogP contribution in [0.1, 0.15) is 11.4 Å². The van der Waals surface area contributed by atoms with Gasteiger partial charge in [0.15, 0.2) is 0 Å². The van der Waals surface area contributed by atoms with Gasteiger partial charge in [-0.2, -0.15) is 0 Å². The Morgan fingerprint density at radius 3 is 1.78 bits per heavy atom. The van der Waals surface area contributed by atoms with Crippen LogP contribution in [-0.2, 0) is 22.4 Å². The first-order valence-electron chi connectivity index (χ1n) is 2.69. The predicted octanol–water partition coefficient (Wildman–Crippen LogP) is 1.70. The number of aryl methyl sites for hydroxylation is 2. The molecule has 9 heavy (non-hydrogen) atoms. The Balaban J connectivity index is 0.000000640. The minimum absolute atomic E-state index is 0. The average molecular weight is 215 g/mol. The summed E-state index contributed by atoms with van der Waals surface area (Å²) in [5.74, 6) is 0. The Bertz CT molecular complexity index is 169. The van der Waals surface area contributed by atoms with Gasteiger partial charge in [-0.25, -0.2) is 0 Å². The first kappa shape index (κ1) is 8.89. The monoisotopic (exact) mass is 214 g/mol. The predicted molar refractivity (Wildman–Crippen MR) is 33.7 cm³/mol. The molecule has 1 nitrogen and oxygen atoms in total. The Labute approximate surface area is 71.0 Å². The molecule has 0 aliphatic carbocycles. The number of pyridine rings is 1. The van der Waals surface area contributed by atoms with Gasteiger partial charge in [-0.15, -0.1) is 0 Å². The van der Waals surface area contributed by atoms with E-state index in [0.29, 0.717) is 0 Å². The summed E-state index contributed by atoms with van der Waals surface area (Å²) in [6.07, 6.45) is 0. The number of hydrogen-bond donors (Lipinski definition) is 0. The first-order valence-corrected chi connectivity index (χ1v) is 2.69. The van der Waals surface area contributed by atoms with Gasteiger partial charge < -0.3 is 0 Å². The molecule has 1 radical (unpaired) electrons. The van der Waals surface area contributed by atoms with E-state index in [1.54, 1.807) is 0 Å². The van der Waals surface area contributed by atoms with Gasteiger partial charge in [0.25, 0.3) is 0 Å². The van der Waals surface area contributed by atoms with Gasteiger partial charge in [0.1, 0.15) is 0 Å². The molecule has 0 atom stereocenters. The fourth-order valence-electron chi connectivity index (χ4n) is 0.679. The topological polar surface area (TPSA) is 12.9 Å². The summed E-state index contributed by atoms with van der Waals surface area (Å²) < 4.78 is 0. The van der Waals surface area contributed by atoms with Crippen LogP contribution in [0.15, 0.2) is 18.2 Å². The third-order valence-electron chi connectivity index (χ3n) is 1.03. The Morgan fingerprint density at radius 1 is 1.11 bits per heavy atom. The van der Waals surface area contributed by atoms with Crippen LogP contribution in [0.3, 0.4) is 0 Å². The van der Waals surface area contributed by atoms with Crippen molar-refractivity contribution in [3.63, 3.8) is 0 Å². The molecule has 0 spiro atoms. The van der Waals surface area contributed by atoms with Gasteiger partial charge in [0, 0.05) is 33.8 Å². The van der Waals surface area contributed by atoms with Gasteiger partial charge in [-0.1, -0.05) is 6.07 Å². The average Bonchev–Trinajstić information content (AvgIpc) is 1.64. The van der Waals surface area contributed by atoms with Gasteiger partial charge in [0.2, 0.25) is 0 Å². The molecule has 1 aromatic rings. The number of aromatic nitrogens is 1. The molecule has 1 heterocycles. The van der Waals surface area contributed by atoms with E-state index in [1.807, 2.05) is 32.0 Å². The zero-order valence-corrected chi connectivity index (χ0v) is 6.96.